The maximum absolute atomic E-state index is 13.7. The van der Waals surface area contributed by atoms with Crippen LogP contribution in [0.3, 0.4) is 0 Å². The van der Waals surface area contributed by atoms with E-state index >= 15 is 0 Å². The second-order valence-electron chi connectivity index (χ2n) is 12.9. The average molecular weight is 577 g/mol. The predicted molar refractivity (Wildman–Crippen MR) is 150 cm³/mol. The van der Waals surface area contributed by atoms with Gasteiger partial charge in [0.2, 0.25) is 11.8 Å². The Bertz CT molecular complexity index is 1150. The van der Waals surface area contributed by atoms with Crippen molar-refractivity contribution in [3.63, 3.8) is 0 Å². The molecule has 2 saturated heterocycles. The predicted octanol–water partition coefficient (Wildman–Crippen LogP) is 5.58. The zero-order valence-electron chi connectivity index (χ0n) is 22.9. The van der Waals surface area contributed by atoms with Crippen LogP contribution in [0, 0.1) is 23.2 Å². The lowest BCUT2D eigenvalue weighted by atomic mass is 9.93. The number of ether oxygens (including phenoxy) is 1. The molecule has 0 radical (unpaired) electrons. The normalized spacial score (nSPS) is 31.4. The van der Waals surface area contributed by atoms with Crippen molar-refractivity contribution < 1.29 is 19.1 Å². The molecule has 3 saturated carbocycles. The Balaban J connectivity index is 1.14. The van der Waals surface area contributed by atoms with Crippen LogP contribution in [0.4, 0.5) is 4.79 Å². The van der Waals surface area contributed by atoms with Gasteiger partial charge in [-0.3, -0.25) is 9.59 Å². The molecule has 7 nitrogen and oxygen atoms in total. The molecule has 5 atom stereocenters. The number of hydrogen-bond donors (Lipinski definition) is 0. The minimum atomic E-state index is -0.308. The van der Waals surface area contributed by atoms with Crippen LogP contribution in [-0.4, -0.2) is 78.0 Å². The molecule has 0 aromatic heterocycles. The summed E-state index contributed by atoms with van der Waals surface area (Å²) >= 11 is 12.6. The summed E-state index contributed by atoms with van der Waals surface area (Å²) in [6.07, 6.45) is 7.53. The molecular weight excluding hydrogens is 537 g/mol. The first-order chi connectivity index (χ1) is 18.6. The van der Waals surface area contributed by atoms with Crippen LogP contribution in [-0.2, 0) is 14.3 Å². The molecule has 39 heavy (non-hydrogen) atoms. The zero-order chi connectivity index (χ0) is 27.5. The van der Waals surface area contributed by atoms with Gasteiger partial charge in [0.1, 0.15) is 6.10 Å². The molecule has 3 aliphatic carbocycles. The van der Waals surface area contributed by atoms with Gasteiger partial charge in [-0.2, -0.15) is 0 Å². The lowest BCUT2D eigenvalue weighted by Crippen LogP contribution is -2.47. The number of rotatable bonds is 5. The van der Waals surface area contributed by atoms with Crippen molar-refractivity contribution in [1.29, 1.82) is 0 Å². The molecule has 3 amide bonds. The number of likely N-dealkylation sites (tertiary alicyclic amines) is 2. The number of amides is 3. The molecule has 5 fully saturated rings. The van der Waals surface area contributed by atoms with Gasteiger partial charge in [0.25, 0.3) is 0 Å². The molecule has 0 N–H and O–H groups in total. The number of piperidine rings is 1. The monoisotopic (exact) mass is 575 g/mol. The molecule has 1 aromatic rings. The number of carbonyl (C=O) groups is 3. The molecule has 212 valence electrons. The zero-order valence-corrected chi connectivity index (χ0v) is 24.4. The minimum absolute atomic E-state index is 0.00653. The number of nitrogens with zero attached hydrogens (tertiary/aromatic N) is 3. The van der Waals surface area contributed by atoms with Crippen molar-refractivity contribution in [2.24, 2.45) is 23.2 Å². The number of likely N-dealkylation sites (N-methyl/N-ethyl adjacent to an activating group) is 1. The quantitative estimate of drug-likeness (QED) is 0.459. The Morgan fingerprint density at radius 2 is 1.72 bits per heavy atom. The first-order valence-corrected chi connectivity index (χ1v) is 15.3. The lowest BCUT2D eigenvalue weighted by molar-refractivity contribution is -0.142. The van der Waals surface area contributed by atoms with Gasteiger partial charge in [0.05, 0.1) is 16.1 Å². The molecule has 2 bridgehead atoms. The van der Waals surface area contributed by atoms with Gasteiger partial charge >= 0.3 is 6.09 Å². The van der Waals surface area contributed by atoms with Crippen LogP contribution >= 0.6 is 23.2 Å². The highest BCUT2D eigenvalue weighted by Gasteiger charge is 2.49. The summed E-state index contributed by atoms with van der Waals surface area (Å²) < 4.78 is 6.02. The van der Waals surface area contributed by atoms with Crippen LogP contribution in [0.15, 0.2) is 18.2 Å². The molecule has 2 aliphatic heterocycles. The fourth-order valence-corrected chi connectivity index (χ4v) is 7.79. The number of carbonyl (C=O) groups excluding carboxylic acids is 3. The van der Waals surface area contributed by atoms with Gasteiger partial charge in [0, 0.05) is 50.5 Å². The van der Waals surface area contributed by atoms with Crippen molar-refractivity contribution in [3.8, 4) is 0 Å². The van der Waals surface area contributed by atoms with Crippen LogP contribution in [0.1, 0.15) is 69.8 Å². The molecule has 0 spiro atoms. The van der Waals surface area contributed by atoms with E-state index in [0.29, 0.717) is 60.9 Å². The second kappa shape index (κ2) is 10.4. The Morgan fingerprint density at radius 1 is 0.974 bits per heavy atom. The standard InChI is InChI=1S/C30H39Cl2N3O4/c1-30(9-10-30)28(37)34-11-7-19(8-12-34)27(36)35-16-22(20-5-6-23(31)24(32)15-20)25(17-35)33(2)29(38)39-26-14-18-3-4-21(26)13-18/h5-6,15,18-19,21-22,25-26H,3-4,7-14,16-17H2,1-2H3/t18?,21-,22+,25-,26+/m1/s1. The van der Waals surface area contributed by atoms with Crippen LogP contribution in [0.5, 0.6) is 0 Å². The molecule has 1 aromatic carbocycles. The fraction of sp³-hybridized carbons (Fsp3) is 0.700. The van der Waals surface area contributed by atoms with Crippen molar-refractivity contribution in [2.75, 3.05) is 33.2 Å². The summed E-state index contributed by atoms with van der Waals surface area (Å²) in [7, 11) is 1.79. The average Bonchev–Trinajstić information content (AvgIpc) is 3.29. The molecule has 2 heterocycles. The molecule has 1 unspecified atom stereocenters. The van der Waals surface area contributed by atoms with E-state index in [1.807, 2.05) is 28.9 Å². The third-order valence-corrected chi connectivity index (χ3v) is 11.1. The number of halogens is 2. The largest absolute Gasteiger partial charge is 0.446 e. The Hall–Kier alpha value is -1.99. The van der Waals surface area contributed by atoms with E-state index in [2.05, 4.69) is 0 Å². The van der Waals surface area contributed by atoms with Gasteiger partial charge in [-0.05, 0) is 80.9 Å². The minimum Gasteiger partial charge on any atom is -0.446 e. The van der Waals surface area contributed by atoms with Gasteiger partial charge < -0.3 is 19.4 Å². The fourth-order valence-electron chi connectivity index (χ4n) is 7.48. The summed E-state index contributed by atoms with van der Waals surface area (Å²) in [6.45, 7) is 4.26. The van der Waals surface area contributed by atoms with E-state index in [4.69, 9.17) is 27.9 Å². The number of hydrogen-bond acceptors (Lipinski definition) is 4. The maximum atomic E-state index is 13.7. The van der Waals surface area contributed by atoms with E-state index in [1.54, 1.807) is 18.0 Å². The van der Waals surface area contributed by atoms with Gasteiger partial charge in [0.15, 0.2) is 0 Å². The third-order valence-electron chi connectivity index (χ3n) is 10.3. The summed E-state index contributed by atoms with van der Waals surface area (Å²) in [5, 5.41) is 0.944. The van der Waals surface area contributed by atoms with Gasteiger partial charge in [-0.25, -0.2) is 4.79 Å². The van der Waals surface area contributed by atoms with Crippen LogP contribution in [0.2, 0.25) is 10.0 Å². The Morgan fingerprint density at radius 3 is 2.33 bits per heavy atom. The SMILES string of the molecule is CN(C(=O)O[C@H]1CC2CC[C@@H]1C2)[C@@H]1CN(C(=O)C2CCN(C(=O)C3(C)CC3)CC2)C[C@H]1c1ccc(Cl)c(Cl)c1. The lowest BCUT2D eigenvalue weighted by Gasteiger charge is -2.34. The molecule has 9 heteroatoms. The van der Waals surface area contributed by atoms with Crippen LogP contribution < -0.4 is 0 Å². The summed E-state index contributed by atoms with van der Waals surface area (Å²) in [4.78, 5) is 45.4. The van der Waals surface area contributed by atoms with Gasteiger partial charge in [-0.1, -0.05) is 36.2 Å². The van der Waals surface area contributed by atoms with E-state index in [9.17, 15) is 14.4 Å². The number of benzene rings is 1. The van der Waals surface area contributed by atoms with Gasteiger partial charge in [-0.15, -0.1) is 0 Å². The Labute approximate surface area is 241 Å². The highest BCUT2D eigenvalue weighted by Crippen LogP contribution is 2.47. The summed E-state index contributed by atoms with van der Waals surface area (Å²) in [5.41, 5.74) is 0.783. The van der Waals surface area contributed by atoms with E-state index < -0.39 is 0 Å². The van der Waals surface area contributed by atoms with E-state index in [1.165, 1.54) is 12.8 Å². The smallest absolute Gasteiger partial charge is 0.410 e. The number of fused-ring (bicyclic) bond motifs is 2. The maximum Gasteiger partial charge on any atom is 0.410 e. The highest BCUT2D eigenvalue weighted by atomic mass is 35.5. The highest BCUT2D eigenvalue weighted by molar-refractivity contribution is 6.42. The molecule has 5 aliphatic rings. The third kappa shape index (κ3) is 5.26. The summed E-state index contributed by atoms with van der Waals surface area (Å²) in [5.74, 6) is 1.32. The first-order valence-electron chi connectivity index (χ1n) is 14.6. The van der Waals surface area contributed by atoms with E-state index in [0.717, 1.165) is 31.2 Å². The van der Waals surface area contributed by atoms with Crippen molar-refractivity contribution in [2.45, 2.75) is 76.4 Å². The Kier molecular flexibility index (Phi) is 7.28. The first kappa shape index (κ1) is 27.2. The van der Waals surface area contributed by atoms with Crippen molar-refractivity contribution in [1.82, 2.24) is 14.7 Å². The topological polar surface area (TPSA) is 70.2 Å². The molecular formula is C30H39Cl2N3O4. The summed E-state index contributed by atoms with van der Waals surface area (Å²) in [6, 6.07) is 5.35. The van der Waals surface area contributed by atoms with Crippen molar-refractivity contribution in [3.05, 3.63) is 33.8 Å². The molecule has 6 rings (SSSR count). The second-order valence-corrected chi connectivity index (χ2v) is 13.7. The van der Waals surface area contributed by atoms with E-state index in [-0.39, 0.29) is 47.3 Å². The van der Waals surface area contributed by atoms with Crippen LogP contribution in [0.25, 0.3) is 0 Å². The van der Waals surface area contributed by atoms with Crippen molar-refractivity contribution >= 4 is 41.1 Å².